The van der Waals surface area contributed by atoms with Gasteiger partial charge >= 0.3 is 0 Å². The van der Waals surface area contributed by atoms with Crippen LogP contribution >= 0.6 is 0 Å². The van der Waals surface area contributed by atoms with Gasteiger partial charge in [-0.05, 0) is 25.2 Å². The maximum Gasteiger partial charge on any atom is 0.253 e. The third-order valence-electron chi connectivity index (χ3n) is 4.51. The number of anilines is 1. The largest absolute Gasteiger partial charge is 0.390 e. The van der Waals surface area contributed by atoms with Crippen LogP contribution in [0.5, 0.6) is 0 Å². The molecule has 1 N–H and O–H groups in total. The highest BCUT2D eigenvalue weighted by Crippen LogP contribution is 2.15. The molecule has 0 aliphatic carbocycles. The number of β-amino-alcohol motifs (C(OH)–C–C–N with tert-alkyl or cyclic N) is 1. The number of likely N-dealkylation sites (N-methyl/N-ethyl adjacent to an activating group) is 2. The predicted molar refractivity (Wildman–Crippen MR) is 97.7 cm³/mol. The SMILES string of the molecule is CN1CCN(CC(O)CN(C)C(=O)c2cccc(N(C)C)c2)CC1. The Bertz CT molecular complexity index is 542. The number of aliphatic hydroxyl groups is 1. The van der Waals surface area contributed by atoms with Gasteiger partial charge in [0.1, 0.15) is 0 Å². The number of carbonyl (C=O) groups excluding carboxylic acids is 1. The zero-order valence-corrected chi connectivity index (χ0v) is 15.3. The van der Waals surface area contributed by atoms with E-state index in [1.165, 1.54) is 0 Å². The van der Waals surface area contributed by atoms with Crippen LogP contribution in [0, 0.1) is 0 Å². The lowest BCUT2D eigenvalue weighted by Crippen LogP contribution is -2.49. The van der Waals surface area contributed by atoms with Crippen molar-refractivity contribution >= 4 is 11.6 Å². The Morgan fingerprint density at radius 3 is 2.50 bits per heavy atom. The highest BCUT2D eigenvalue weighted by molar-refractivity contribution is 5.95. The molecule has 134 valence electrons. The van der Waals surface area contributed by atoms with E-state index < -0.39 is 6.10 Å². The van der Waals surface area contributed by atoms with Crippen molar-refractivity contribution in [3.63, 3.8) is 0 Å². The molecule has 1 aliphatic rings. The lowest BCUT2D eigenvalue weighted by atomic mass is 10.1. The van der Waals surface area contributed by atoms with E-state index in [2.05, 4.69) is 16.8 Å². The van der Waals surface area contributed by atoms with E-state index >= 15 is 0 Å². The quantitative estimate of drug-likeness (QED) is 0.818. The summed E-state index contributed by atoms with van der Waals surface area (Å²) < 4.78 is 0. The van der Waals surface area contributed by atoms with Gasteiger partial charge in [-0.3, -0.25) is 9.69 Å². The molecule has 1 fully saturated rings. The van der Waals surface area contributed by atoms with Gasteiger partial charge in [0.05, 0.1) is 6.10 Å². The minimum Gasteiger partial charge on any atom is -0.390 e. The van der Waals surface area contributed by atoms with Crippen LogP contribution in [-0.2, 0) is 0 Å². The Morgan fingerprint density at radius 2 is 1.88 bits per heavy atom. The number of nitrogens with zero attached hydrogens (tertiary/aromatic N) is 4. The van der Waals surface area contributed by atoms with Crippen LogP contribution in [0.25, 0.3) is 0 Å². The first-order valence-corrected chi connectivity index (χ1v) is 8.48. The second-order valence-corrected chi connectivity index (χ2v) is 6.89. The molecule has 2 rings (SSSR count). The van der Waals surface area contributed by atoms with Crippen molar-refractivity contribution in [3.05, 3.63) is 29.8 Å². The molecule has 1 unspecified atom stereocenters. The number of hydrogen-bond donors (Lipinski definition) is 1. The molecule has 1 aromatic rings. The monoisotopic (exact) mass is 334 g/mol. The summed E-state index contributed by atoms with van der Waals surface area (Å²) in [4.78, 5) is 20.7. The first-order chi connectivity index (χ1) is 11.4. The van der Waals surface area contributed by atoms with Gasteiger partial charge in [-0.1, -0.05) is 6.07 Å². The van der Waals surface area contributed by atoms with E-state index in [9.17, 15) is 9.90 Å². The summed E-state index contributed by atoms with van der Waals surface area (Å²) >= 11 is 0. The number of rotatable bonds is 6. The van der Waals surface area contributed by atoms with Gasteiger partial charge in [0.15, 0.2) is 0 Å². The van der Waals surface area contributed by atoms with Crippen molar-refractivity contribution in [2.24, 2.45) is 0 Å². The number of piperazine rings is 1. The summed E-state index contributed by atoms with van der Waals surface area (Å²) in [7, 11) is 7.76. The lowest BCUT2D eigenvalue weighted by Gasteiger charge is -2.34. The molecule has 0 spiro atoms. The van der Waals surface area contributed by atoms with Gasteiger partial charge in [0.2, 0.25) is 0 Å². The fourth-order valence-electron chi connectivity index (χ4n) is 2.92. The molecular formula is C18H30N4O2. The van der Waals surface area contributed by atoms with E-state index in [0.29, 0.717) is 18.7 Å². The Labute approximate surface area is 145 Å². The molecule has 24 heavy (non-hydrogen) atoms. The summed E-state index contributed by atoms with van der Waals surface area (Å²) in [6.07, 6.45) is -0.528. The van der Waals surface area contributed by atoms with Gasteiger partial charge in [0, 0.05) is 71.7 Å². The van der Waals surface area contributed by atoms with Gasteiger partial charge in [-0.2, -0.15) is 0 Å². The summed E-state index contributed by atoms with van der Waals surface area (Å²) in [6.45, 7) is 4.95. The molecule has 0 bridgehead atoms. The molecule has 6 nitrogen and oxygen atoms in total. The average Bonchev–Trinajstić information content (AvgIpc) is 2.56. The summed E-state index contributed by atoms with van der Waals surface area (Å²) in [5.41, 5.74) is 1.64. The van der Waals surface area contributed by atoms with Crippen molar-refractivity contribution in [3.8, 4) is 0 Å². The van der Waals surface area contributed by atoms with Crippen LogP contribution in [0.1, 0.15) is 10.4 Å². The van der Waals surface area contributed by atoms with E-state index in [4.69, 9.17) is 0 Å². The predicted octanol–water partition coefficient (Wildman–Crippen LogP) is 0.433. The van der Waals surface area contributed by atoms with E-state index in [0.717, 1.165) is 31.9 Å². The third kappa shape index (κ3) is 5.19. The van der Waals surface area contributed by atoms with E-state index in [1.807, 2.05) is 43.3 Å². The van der Waals surface area contributed by atoms with Crippen LogP contribution in [0.3, 0.4) is 0 Å². The maximum absolute atomic E-state index is 12.6. The van der Waals surface area contributed by atoms with Crippen LogP contribution in [0.2, 0.25) is 0 Å². The number of carbonyl (C=O) groups is 1. The smallest absolute Gasteiger partial charge is 0.253 e. The number of aliphatic hydroxyl groups excluding tert-OH is 1. The van der Waals surface area contributed by atoms with Crippen LogP contribution in [0.4, 0.5) is 5.69 Å². The summed E-state index contributed by atoms with van der Waals surface area (Å²) in [6, 6.07) is 7.56. The van der Waals surface area contributed by atoms with Gasteiger partial charge in [-0.25, -0.2) is 0 Å². The number of hydrogen-bond acceptors (Lipinski definition) is 5. The van der Waals surface area contributed by atoms with Crippen LogP contribution < -0.4 is 4.90 Å². The minimum atomic E-state index is -0.528. The molecule has 1 aliphatic heterocycles. The highest BCUT2D eigenvalue weighted by atomic mass is 16.3. The third-order valence-corrected chi connectivity index (χ3v) is 4.51. The topological polar surface area (TPSA) is 50.3 Å². The van der Waals surface area contributed by atoms with Gasteiger partial charge in [0.25, 0.3) is 5.91 Å². The molecule has 1 amide bonds. The van der Waals surface area contributed by atoms with E-state index in [1.54, 1.807) is 11.9 Å². The maximum atomic E-state index is 12.6. The molecule has 1 heterocycles. The first kappa shape index (κ1) is 18.7. The zero-order chi connectivity index (χ0) is 17.7. The molecule has 0 saturated carbocycles. The molecule has 6 heteroatoms. The molecule has 1 aromatic carbocycles. The second kappa shape index (κ2) is 8.46. The lowest BCUT2D eigenvalue weighted by molar-refractivity contribution is 0.0501. The summed E-state index contributed by atoms with van der Waals surface area (Å²) in [5.74, 6) is -0.0591. The van der Waals surface area contributed by atoms with E-state index in [-0.39, 0.29) is 5.91 Å². The Morgan fingerprint density at radius 1 is 1.21 bits per heavy atom. The van der Waals surface area contributed by atoms with Crippen molar-refractivity contribution in [2.75, 3.05) is 72.4 Å². The normalized spacial score (nSPS) is 17.5. The fraction of sp³-hybridized carbons (Fsp3) is 0.611. The summed E-state index contributed by atoms with van der Waals surface area (Å²) in [5, 5.41) is 10.3. The zero-order valence-electron chi connectivity index (χ0n) is 15.3. The van der Waals surface area contributed by atoms with Crippen molar-refractivity contribution in [1.29, 1.82) is 0 Å². The second-order valence-electron chi connectivity index (χ2n) is 6.89. The average molecular weight is 334 g/mol. The molecule has 1 saturated heterocycles. The fourth-order valence-corrected chi connectivity index (χ4v) is 2.92. The standard InChI is InChI=1S/C18H30N4O2/c1-19(2)16-7-5-6-15(12-16)18(24)21(4)13-17(23)14-22-10-8-20(3)9-11-22/h5-7,12,17,23H,8-11,13-14H2,1-4H3. The molecule has 0 radical (unpaired) electrons. The molecular weight excluding hydrogens is 304 g/mol. The minimum absolute atomic E-state index is 0.0591. The molecule has 1 atom stereocenters. The Balaban J connectivity index is 1.87. The number of benzene rings is 1. The number of amides is 1. The Kier molecular flexibility index (Phi) is 6.60. The molecule has 0 aromatic heterocycles. The van der Waals surface area contributed by atoms with Crippen molar-refractivity contribution in [1.82, 2.24) is 14.7 Å². The first-order valence-electron chi connectivity index (χ1n) is 8.48. The van der Waals surface area contributed by atoms with Crippen LogP contribution in [0.15, 0.2) is 24.3 Å². The van der Waals surface area contributed by atoms with Crippen molar-refractivity contribution < 1.29 is 9.90 Å². The van der Waals surface area contributed by atoms with Gasteiger partial charge < -0.3 is 19.8 Å². The van der Waals surface area contributed by atoms with Gasteiger partial charge in [-0.15, -0.1) is 0 Å². The van der Waals surface area contributed by atoms with Crippen LogP contribution in [-0.4, -0.2) is 99.3 Å². The van der Waals surface area contributed by atoms with Crippen molar-refractivity contribution in [2.45, 2.75) is 6.10 Å². The highest BCUT2D eigenvalue weighted by Gasteiger charge is 2.20. The Hall–Kier alpha value is -1.63.